The van der Waals surface area contributed by atoms with Gasteiger partial charge in [0.05, 0.1) is 18.6 Å². The van der Waals surface area contributed by atoms with Crippen LogP contribution in [0.15, 0.2) is 18.2 Å². The van der Waals surface area contributed by atoms with Crippen LogP contribution in [0.1, 0.15) is 30.9 Å². The molecule has 0 atom stereocenters. The molecule has 1 fully saturated rings. The van der Waals surface area contributed by atoms with Crippen molar-refractivity contribution in [2.45, 2.75) is 33.6 Å². The normalized spacial score (nSPS) is 16.2. The summed E-state index contributed by atoms with van der Waals surface area (Å²) in [5.41, 5.74) is 2.33. The van der Waals surface area contributed by atoms with E-state index in [0.29, 0.717) is 13.2 Å². The third kappa shape index (κ3) is 4.62. The van der Waals surface area contributed by atoms with Crippen LogP contribution in [0.4, 0.5) is 5.69 Å². The number of ether oxygens (including phenoxy) is 1. The predicted octanol–water partition coefficient (Wildman–Crippen LogP) is 2.11. The average molecular weight is 361 g/mol. The first kappa shape index (κ1) is 20.4. The van der Waals surface area contributed by atoms with Gasteiger partial charge < -0.3 is 20.3 Å². The molecular weight excluding hydrogens is 330 g/mol. The minimum absolute atomic E-state index is 0.0139. The Morgan fingerprint density at radius 3 is 2.38 bits per heavy atom. The second-order valence-electron chi connectivity index (χ2n) is 7.10. The maximum atomic E-state index is 13.2. The van der Waals surface area contributed by atoms with Crippen LogP contribution in [0.3, 0.4) is 0 Å². The van der Waals surface area contributed by atoms with Crippen molar-refractivity contribution in [3.05, 3.63) is 29.3 Å². The number of benzene rings is 1. The number of carbonyl (C=O) groups excluding carboxylic acids is 2. The number of piperidine rings is 1. The van der Waals surface area contributed by atoms with Crippen LogP contribution < -0.4 is 10.6 Å². The van der Waals surface area contributed by atoms with E-state index in [1.807, 2.05) is 39.0 Å². The summed E-state index contributed by atoms with van der Waals surface area (Å²) in [5, 5.41) is 6.26. The number of hydrogen-bond donors (Lipinski definition) is 2. The number of nitrogens with zero attached hydrogens (tertiary/aromatic N) is 1. The van der Waals surface area contributed by atoms with Gasteiger partial charge in [-0.15, -0.1) is 0 Å². The quantitative estimate of drug-likeness (QED) is 0.780. The van der Waals surface area contributed by atoms with Crippen molar-refractivity contribution in [2.24, 2.45) is 5.41 Å². The second-order valence-corrected chi connectivity index (χ2v) is 7.10. The van der Waals surface area contributed by atoms with Crippen molar-refractivity contribution in [2.75, 3.05) is 45.2 Å². The van der Waals surface area contributed by atoms with E-state index < -0.39 is 5.41 Å². The highest BCUT2D eigenvalue weighted by molar-refractivity contribution is 5.96. The van der Waals surface area contributed by atoms with E-state index in [4.69, 9.17) is 4.74 Å². The van der Waals surface area contributed by atoms with Crippen LogP contribution in [0.2, 0.25) is 0 Å². The van der Waals surface area contributed by atoms with Crippen LogP contribution >= 0.6 is 0 Å². The molecule has 0 aliphatic carbocycles. The molecule has 6 heteroatoms. The molecule has 1 aromatic carbocycles. The lowest BCUT2D eigenvalue weighted by Crippen LogP contribution is -2.53. The zero-order chi connectivity index (χ0) is 19.2. The summed E-state index contributed by atoms with van der Waals surface area (Å²) in [6.07, 6.45) is 1.46. The first-order valence-corrected chi connectivity index (χ1v) is 9.28. The van der Waals surface area contributed by atoms with Gasteiger partial charge in [-0.05, 0) is 57.8 Å². The number of likely N-dealkylation sites (N-methyl/N-ethyl adjacent to an activating group) is 1. The monoisotopic (exact) mass is 361 g/mol. The molecule has 1 heterocycles. The number of anilines is 1. The molecule has 144 valence electrons. The number of amides is 2. The fourth-order valence-electron chi connectivity index (χ4n) is 3.63. The lowest BCUT2D eigenvalue weighted by Gasteiger charge is -2.39. The van der Waals surface area contributed by atoms with Crippen molar-refractivity contribution >= 4 is 17.5 Å². The molecule has 1 aromatic rings. The van der Waals surface area contributed by atoms with Crippen molar-refractivity contribution in [3.63, 3.8) is 0 Å². The molecule has 1 saturated heterocycles. The summed E-state index contributed by atoms with van der Waals surface area (Å²) in [6, 6.07) is 5.90. The molecule has 2 N–H and O–H groups in total. The lowest BCUT2D eigenvalue weighted by atomic mass is 9.78. The van der Waals surface area contributed by atoms with E-state index in [2.05, 4.69) is 10.6 Å². The molecule has 0 saturated carbocycles. The van der Waals surface area contributed by atoms with Gasteiger partial charge in [0.15, 0.2) is 0 Å². The van der Waals surface area contributed by atoms with Gasteiger partial charge in [-0.3, -0.25) is 9.59 Å². The van der Waals surface area contributed by atoms with E-state index in [1.165, 1.54) is 0 Å². The molecule has 2 rings (SSSR count). The van der Waals surface area contributed by atoms with Gasteiger partial charge in [-0.1, -0.05) is 18.2 Å². The molecule has 6 nitrogen and oxygen atoms in total. The van der Waals surface area contributed by atoms with E-state index in [9.17, 15) is 9.59 Å². The Bertz CT molecular complexity index is 613. The Labute approximate surface area is 156 Å². The minimum Gasteiger partial charge on any atom is -0.384 e. The minimum atomic E-state index is -0.533. The summed E-state index contributed by atoms with van der Waals surface area (Å²) in [4.78, 5) is 27.4. The topological polar surface area (TPSA) is 70.7 Å². The second kappa shape index (κ2) is 9.14. The number of carbonyl (C=O) groups is 2. The van der Waals surface area contributed by atoms with Crippen LogP contribution in [0.5, 0.6) is 0 Å². The smallest absolute Gasteiger partial charge is 0.244 e. The Morgan fingerprint density at radius 2 is 1.85 bits per heavy atom. The molecule has 0 spiro atoms. The zero-order valence-corrected chi connectivity index (χ0v) is 16.4. The molecule has 0 unspecified atom stereocenters. The fourth-order valence-corrected chi connectivity index (χ4v) is 3.63. The van der Waals surface area contributed by atoms with Gasteiger partial charge in [0.25, 0.3) is 0 Å². The summed E-state index contributed by atoms with van der Waals surface area (Å²) in [7, 11) is 1.63. The standard InChI is InChI=1S/C20H31N3O3/c1-5-23(19(25)20(14-26-4)9-11-21-12-10-20)13-17(24)22-18-15(2)7-6-8-16(18)3/h6-8,21H,5,9-14H2,1-4H3,(H,22,24). The fraction of sp³-hybridized carbons (Fsp3) is 0.600. The molecular formula is C20H31N3O3. The Hall–Kier alpha value is -1.92. The van der Waals surface area contributed by atoms with E-state index >= 15 is 0 Å². The van der Waals surface area contributed by atoms with Crippen molar-refractivity contribution in [1.29, 1.82) is 0 Å². The van der Waals surface area contributed by atoms with Crippen LogP contribution in [-0.2, 0) is 14.3 Å². The Morgan fingerprint density at radius 1 is 1.23 bits per heavy atom. The lowest BCUT2D eigenvalue weighted by molar-refractivity contribution is -0.149. The number of aryl methyl sites for hydroxylation is 2. The summed E-state index contributed by atoms with van der Waals surface area (Å²) in [5.74, 6) is -0.154. The molecule has 1 aliphatic heterocycles. The van der Waals surface area contributed by atoms with Gasteiger partial charge in [-0.2, -0.15) is 0 Å². The van der Waals surface area contributed by atoms with Crippen molar-refractivity contribution < 1.29 is 14.3 Å². The maximum Gasteiger partial charge on any atom is 0.244 e. The first-order valence-electron chi connectivity index (χ1n) is 9.28. The van der Waals surface area contributed by atoms with Crippen molar-refractivity contribution in [1.82, 2.24) is 10.2 Å². The number of methoxy groups -OCH3 is 1. The number of hydrogen-bond acceptors (Lipinski definition) is 4. The molecule has 26 heavy (non-hydrogen) atoms. The largest absolute Gasteiger partial charge is 0.384 e. The third-order valence-corrected chi connectivity index (χ3v) is 5.18. The number of nitrogens with one attached hydrogen (secondary N) is 2. The van der Waals surface area contributed by atoms with Crippen LogP contribution in [0.25, 0.3) is 0 Å². The molecule has 0 radical (unpaired) electrons. The van der Waals surface area contributed by atoms with Gasteiger partial charge in [0.2, 0.25) is 11.8 Å². The average Bonchev–Trinajstić information content (AvgIpc) is 2.63. The van der Waals surface area contributed by atoms with Gasteiger partial charge in [0.1, 0.15) is 0 Å². The van der Waals surface area contributed by atoms with Gasteiger partial charge in [-0.25, -0.2) is 0 Å². The number of para-hydroxylation sites is 1. The highest BCUT2D eigenvalue weighted by atomic mass is 16.5. The Balaban J connectivity index is 2.09. The first-order chi connectivity index (χ1) is 12.4. The molecule has 2 amide bonds. The van der Waals surface area contributed by atoms with E-state index in [1.54, 1.807) is 12.0 Å². The van der Waals surface area contributed by atoms with Crippen LogP contribution in [-0.4, -0.2) is 56.6 Å². The summed E-state index contributed by atoms with van der Waals surface area (Å²) < 4.78 is 5.36. The van der Waals surface area contributed by atoms with Gasteiger partial charge in [0, 0.05) is 19.3 Å². The zero-order valence-electron chi connectivity index (χ0n) is 16.4. The molecule has 1 aliphatic rings. The predicted molar refractivity (Wildman–Crippen MR) is 103 cm³/mol. The molecule has 0 aromatic heterocycles. The summed E-state index contributed by atoms with van der Waals surface area (Å²) >= 11 is 0. The summed E-state index contributed by atoms with van der Waals surface area (Å²) in [6.45, 7) is 8.37. The number of rotatable bonds is 7. The molecule has 0 bridgehead atoms. The SMILES string of the molecule is CCN(CC(=O)Nc1c(C)cccc1C)C(=O)C1(COC)CCNCC1. The van der Waals surface area contributed by atoms with Crippen LogP contribution in [0, 0.1) is 19.3 Å². The highest BCUT2D eigenvalue weighted by Crippen LogP contribution is 2.31. The van der Waals surface area contributed by atoms with Gasteiger partial charge >= 0.3 is 0 Å². The maximum absolute atomic E-state index is 13.2. The van der Waals surface area contributed by atoms with E-state index in [0.717, 1.165) is 42.7 Å². The Kier molecular flexibility index (Phi) is 7.17. The highest BCUT2D eigenvalue weighted by Gasteiger charge is 2.42. The van der Waals surface area contributed by atoms with Crippen molar-refractivity contribution in [3.8, 4) is 0 Å². The third-order valence-electron chi connectivity index (χ3n) is 5.18. The van der Waals surface area contributed by atoms with E-state index in [-0.39, 0.29) is 18.4 Å².